The van der Waals surface area contributed by atoms with Gasteiger partial charge in [0.1, 0.15) is 0 Å². The molecule has 2 rings (SSSR count). The molecule has 0 bridgehead atoms. The predicted molar refractivity (Wildman–Crippen MR) is 76.2 cm³/mol. The SMILES string of the molecule is CCNC(c1ccc(C(F)(F)F)cn1)c1ccccc1Cl. The number of halogens is 4. The van der Waals surface area contributed by atoms with Crippen LogP contribution < -0.4 is 5.32 Å². The Bertz CT molecular complexity index is 597. The maximum absolute atomic E-state index is 12.6. The topological polar surface area (TPSA) is 24.9 Å². The molecule has 0 aliphatic heterocycles. The number of hydrogen-bond donors (Lipinski definition) is 1. The molecule has 0 aliphatic carbocycles. The maximum atomic E-state index is 12.6. The number of benzene rings is 1. The molecule has 21 heavy (non-hydrogen) atoms. The van der Waals surface area contributed by atoms with Crippen LogP contribution in [0.2, 0.25) is 5.02 Å². The minimum absolute atomic E-state index is 0.342. The van der Waals surface area contributed by atoms with Crippen molar-refractivity contribution in [1.29, 1.82) is 0 Å². The molecule has 0 fully saturated rings. The van der Waals surface area contributed by atoms with E-state index in [1.54, 1.807) is 12.1 Å². The van der Waals surface area contributed by atoms with E-state index in [9.17, 15) is 13.2 Å². The van der Waals surface area contributed by atoms with E-state index in [-0.39, 0.29) is 6.04 Å². The Balaban J connectivity index is 2.37. The van der Waals surface area contributed by atoms with Crippen LogP contribution in [-0.2, 0) is 6.18 Å². The first-order chi connectivity index (χ1) is 9.93. The molecule has 1 aromatic carbocycles. The van der Waals surface area contributed by atoms with Crippen molar-refractivity contribution in [3.05, 3.63) is 64.4 Å². The monoisotopic (exact) mass is 314 g/mol. The largest absolute Gasteiger partial charge is 0.417 e. The van der Waals surface area contributed by atoms with Crippen LogP contribution in [0.1, 0.15) is 29.8 Å². The minimum atomic E-state index is -4.39. The molecule has 1 aromatic heterocycles. The van der Waals surface area contributed by atoms with Crippen LogP contribution in [-0.4, -0.2) is 11.5 Å². The summed E-state index contributed by atoms with van der Waals surface area (Å²) in [6, 6.07) is 9.26. The van der Waals surface area contributed by atoms with Crippen molar-refractivity contribution in [2.45, 2.75) is 19.1 Å². The average Bonchev–Trinajstić information content (AvgIpc) is 2.45. The smallest absolute Gasteiger partial charge is 0.305 e. The molecule has 112 valence electrons. The van der Waals surface area contributed by atoms with Gasteiger partial charge in [0.2, 0.25) is 0 Å². The van der Waals surface area contributed by atoms with Gasteiger partial charge in [0.25, 0.3) is 0 Å². The van der Waals surface area contributed by atoms with Crippen LogP contribution in [0.3, 0.4) is 0 Å². The first kappa shape index (κ1) is 15.8. The zero-order valence-electron chi connectivity index (χ0n) is 11.3. The van der Waals surface area contributed by atoms with E-state index in [0.717, 1.165) is 17.8 Å². The third-order valence-corrected chi connectivity index (χ3v) is 3.38. The highest BCUT2D eigenvalue weighted by atomic mass is 35.5. The Morgan fingerprint density at radius 2 is 1.90 bits per heavy atom. The summed E-state index contributed by atoms with van der Waals surface area (Å²) in [4.78, 5) is 3.94. The second kappa shape index (κ2) is 6.45. The molecule has 0 radical (unpaired) electrons. The number of nitrogens with one attached hydrogen (secondary N) is 1. The van der Waals surface area contributed by atoms with Gasteiger partial charge in [-0.2, -0.15) is 13.2 Å². The predicted octanol–water partition coefficient (Wildman–Crippen LogP) is 4.45. The Hall–Kier alpha value is -1.59. The highest BCUT2D eigenvalue weighted by Crippen LogP contribution is 2.31. The molecule has 0 amide bonds. The second-order valence-electron chi connectivity index (χ2n) is 4.48. The van der Waals surface area contributed by atoms with E-state index in [1.807, 2.05) is 19.1 Å². The molecule has 0 saturated carbocycles. The van der Waals surface area contributed by atoms with E-state index in [2.05, 4.69) is 10.3 Å². The van der Waals surface area contributed by atoms with Gasteiger partial charge in [0, 0.05) is 11.2 Å². The zero-order chi connectivity index (χ0) is 15.5. The lowest BCUT2D eigenvalue weighted by molar-refractivity contribution is -0.137. The van der Waals surface area contributed by atoms with E-state index >= 15 is 0 Å². The lowest BCUT2D eigenvalue weighted by Gasteiger charge is -2.19. The van der Waals surface area contributed by atoms with Gasteiger partial charge < -0.3 is 5.32 Å². The number of hydrogen-bond acceptors (Lipinski definition) is 2. The molecule has 1 atom stereocenters. The van der Waals surface area contributed by atoms with Gasteiger partial charge in [-0.15, -0.1) is 0 Å². The molecule has 1 N–H and O–H groups in total. The summed E-state index contributed by atoms with van der Waals surface area (Å²) >= 11 is 6.16. The first-order valence-electron chi connectivity index (χ1n) is 6.44. The van der Waals surface area contributed by atoms with Gasteiger partial charge in [0.15, 0.2) is 0 Å². The normalized spacial score (nSPS) is 13.2. The highest BCUT2D eigenvalue weighted by molar-refractivity contribution is 6.31. The molecule has 1 heterocycles. The molecule has 1 unspecified atom stereocenters. The molecule has 2 aromatic rings. The quantitative estimate of drug-likeness (QED) is 0.901. The van der Waals surface area contributed by atoms with Gasteiger partial charge in [0.05, 0.1) is 17.3 Å². The van der Waals surface area contributed by atoms with Crippen molar-refractivity contribution in [2.75, 3.05) is 6.54 Å². The second-order valence-corrected chi connectivity index (χ2v) is 4.89. The third-order valence-electron chi connectivity index (χ3n) is 3.03. The average molecular weight is 315 g/mol. The lowest BCUT2D eigenvalue weighted by Crippen LogP contribution is -2.23. The first-order valence-corrected chi connectivity index (χ1v) is 6.82. The number of aromatic nitrogens is 1. The van der Waals surface area contributed by atoms with Crippen LogP contribution in [0.25, 0.3) is 0 Å². The van der Waals surface area contributed by atoms with Crippen LogP contribution in [0.4, 0.5) is 13.2 Å². The molecular weight excluding hydrogens is 301 g/mol. The van der Waals surface area contributed by atoms with E-state index < -0.39 is 11.7 Å². The number of nitrogens with zero attached hydrogens (tertiary/aromatic N) is 1. The van der Waals surface area contributed by atoms with Crippen molar-refractivity contribution in [1.82, 2.24) is 10.3 Å². The van der Waals surface area contributed by atoms with Crippen LogP contribution in [0.15, 0.2) is 42.6 Å². The van der Waals surface area contributed by atoms with Gasteiger partial charge in [-0.3, -0.25) is 4.98 Å². The summed E-state index contributed by atoms with van der Waals surface area (Å²) in [6.45, 7) is 2.55. The molecule has 0 aliphatic rings. The van der Waals surface area contributed by atoms with E-state index in [4.69, 9.17) is 11.6 Å². The third kappa shape index (κ3) is 3.74. The molecular formula is C15H14ClF3N2. The number of rotatable bonds is 4. The maximum Gasteiger partial charge on any atom is 0.417 e. The van der Waals surface area contributed by atoms with Crippen molar-refractivity contribution in [3.8, 4) is 0 Å². The summed E-state index contributed by atoms with van der Waals surface area (Å²) < 4.78 is 37.7. The zero-order valence-corrected chi connectivity index (χ0v) is 12.0. The molecule has 2 nitrogen and oxygen atoms in total. The summed E-state index contributed by atoms with van der Waals surface area (Å²) in [5, 5.41) is 3.73. The summed E-state index contributed by atoms with van der Waals surface area (Å²) in [5.74, 6) is 0. The number of alkyl halides is 3. The molecule has 0 spiro atoms. The number of pyridine rings is 1. The standard InChI is InChI=1S/C15H14ClF3N2/c1-2-20-14(11-5-3-4-6-12(11)16)13-8-7-10(9-21-13)15(17,18)19/h3-9,14,20H,2H2,1H3. The minimum Gasteiger partial charge on any atom is -0.305 e. The van der Waals surface area contributed by atoms with Crippen molar-refractivity contribution < 1.29 is 13.2 Å². The summed E-state index contributed by atoms with van der Waals surface area (Å²) in [7, 11) is 0. The summed E-state index contributed by atoms with van der Waals surface area (Å²) in [6.07, 6.45) is -3.54. The molecule has 0 saturated heterocycles. The van der Waals surface area contributed by atoms with Crippen molar-refractivity contribution in [2.24, 2.45) is 0 Å². The van der Waals surface area contributed by atoms with Gasteiger partial charge in [-0.25, -0.2) is 0 Å². The highest BCUT2D eigenvalue weighted by Gasteiger charge is 2.31. The Kier molecular flexibility index (Phi) is 4.85. The molecule has 6 heteroatoms. The van der Waals surface area contributed by atoms with Crippen molar-refractivity contribution >= 4 is 11.6 Å². The Morgan fingerprint density at radius 1 is 1.19 bits per heavy atom. The van der Waals surface area contributed by atoms with E-state index in [1.165, 1.54) is 6.07 Å². The van der Waals surface area contributed by atoms with E-state index in [0.29, 0.717) is 17.3 Å². The van der Waals surface area contributed by atoms with Crippen LogP contribution in [0, 0.1) is 0 Å². The Labute approximate surface area is 126 Å². The fourth-order valence-electron chi connectivity index (χ4n) is 2.03. The van der Waals surface area contributed by atoms with Gasteiger partial charge in [-0.1, -0.05) is 36.7 Å². The van der Waals surface area contributed by atoms with Gasteiger partial charge >= 0.3 is 6.18 Å². The summed E-state index contributed by atoms with van der Waals surface area (Å²) in [5.41, 5.74) is 0.520. The fourth-order valence-corrected chi connectivity index (χ4v) is 2.28. The van der Waals surface area contributed by atoms with Gasteiger partial charge in [-0.05, 0) is 30.3 Å². The lowest BCUT2D eigenvalue weighted by atomic mass is 10.0. The Morgan fingerprint density at radius 3 is 2.43 bits per heavy atom. The van der Waals surface area contributed by atoms with Crippen molar-refractivity contribution in [3.63, 3.8) is 0 Å². The van der Waals surface area contributed by atoms with Crippen LogP contribution >= 0.6 is 11.6 Å². The fraction of sp³-hybridized carbons (Fsp3) is 0.267. The van der Waals surface area contributed by atoms with Crippen LogP contribution in [0.5, 0.6) is 0 Å².